The van der Waals surface area contributed by atoms with Gasteiger partial charge in [0.2, 0.25) is 0 Å². The Bertz CT molecular complexity index is 606. The second kappa shape index (κ2) is 6.71. The van der Waals surface area contributed by atoms with Crippen LogP contribution in [-0.4, -0.2) is 5.78 Å². The SMILES string of the molecule is CC(C)Cc1cccc(C(=O)c2ccc(C(C)C)cc2)c1. The molecule has 0 atom stereocenters. The summed E-state index contributed by atoms with van der Waals surface area (Å²) < 4.78 is 0. The third-order valence-electron chi connectivity index (χ3n) is 3.67. The van der Waals surface area contributed by atoms with E-state index in [2.05, 4.69) is 45.9 Å². The second-order valence-corrected chi connectivity index (χ2v) is 6.40. The summed E-state index contributed by atoms with van der Waals surface area (Å²) in [5.74, 6) is 1.19. The lowest BCUT2D eigenvalue weighted by atomic mass is 9.95. The minimum absolute atomic E-state index is 0.107. The van der Waals surface area contributed by atoms with Crippen LogP contribution in [0.25, 0.3) is 0 Å². The molecule has 0 bridgehead atoms. The summed E-state index contributed by atoms with van der Waals surface area (Å²) in [5.41, 5.74) is 4.04. The molecule has 0 aliphatic carbocycles. The highest BCUT2D eigenvalue weighted by molar-refractivity contribution is 6.09. The van der Waals surface area contributed by atoms with Crippen LogP contribution < -0.4 is 0 Å². The van der Waals surface area contributed by atoms with Crippen molar-refractivity contribution in [1.29, 1.82) is 0 Å². The maximum atomic E-state index is 12.6. The normalized spacial score (nSPS) is 11.1. The van der Waals surface area contributed by atoms with Crippen molar-refractivity contribution in [3.63, 3.8) is 0 Å². The van der Waals surface area contributed by atoms with E-state index in [1.807, 2.05) is 30.3 Å². The lowest BCUT2D eigenvalue weighted by molar-refractivity contribution is 0.103. The molecule has 0 N–H and O–H groups in total. The van der Waals surface area contributed by atoms with Crippen molar-refractivity contribution in [2.24, 2.45) is 5.92 Å². The Labute approximate surface area is 128 Å². The summed E-state index contributed by atoms with van der Waals surface area (Å²) in [6, 6.07) is 16.0. The molecule has 1 nitrogen and oxygen atoms in total. The van der Waals surface area contributed by atoms with Gasteiger partial charge in [0.15, 0.2) is 5.78 Å². The first-order valence-electron chi connectivity index (χ1n) is 7.71. The van der Waals surface area contributed by atoms with Crippen LogP contribution in [0.1, 0.15) is 60.7 Å². The molecule has 0 aliphatic rings. The van der Waals surface area contributed by atoms with E-state index in [0.29, 0.717) is 11.8 Å². The smallest absolute Gasteiger partial charge is 0.193 e. The molecule has 0 saturated heterocycles. The fourth-order valence-electron chi connectivity index (χ4n) is 2.50. The number of benzene rings is 2. The third kappa shape index (κ3) is 4.04. The van der Waals surface area contributed by atoms with E-state index in [-0.39, 0.29) is 5.78 Å². The minimum atomic E-state index is 0.107. The van der Waals surface area contributed by atoms with Gasteiger partial charge in [-0.1, -0.05) is 70.2 Å². The Hall–Kier alpha value is -1.89. The van der Waals surface area contributed by atoms with Gasteiger partial charge in [-0.05, 0) is 35.4 Å². The average molecular weight is 280 g/mol. The zero-order valence-corrected chi connectivity index (χ0v) is 13.4. The van der Waals surface area contributed by atoms with Crippen LogP contribution in [0.3, 0.4) is 0 Å². The van der Waals surface area contributed by atoms with Gasteiger partial charge in [0.1, 0.15) is 0 Å². The first-order chi connectivity index (χ1) is 9.97. The van der Waals surface area contributed by atoms with Crippen molar-refractivity contribution in [1.82, 2.24) is 0 Å². The molecule has 1 heteroatoms. The number of carbonyl (C=O) groups excluding carboxylic acids is 1. The monoisotopic (exact) mass is 280 g/mol. The Balaban J connectivity index is 2.23. The maximum absolute atomic E-state index is 12.6. The maximum Gasteiger partial charge on any atom is 0.193 e. The molecule has 110 valence electrons. The molecule has 2 aromatic carbocycles. The van der Waals surface area contributed by atoms with Gasteiger partial charge in [-0.3, -0.25) is 4.79 Å². The van der Waals surface area contributed by atoms with Crippen molar-refractivity contribution in [2.45, 2.75) is 40.0 Å². The van der Waals surface area contributed by atoms with Crippen molar-refractivity contribution >= 4 is 5.78 Å². The van der Waals surface area contributed by atoms with E-state index in [9.17, 15) is 4.79 Å². The van der Waals surface area contributed by atoms with Crippen molar-refractivity contribution in [3.05, 3.63) is 70.8 Å². The molecule has 0 radical (unpaired) electrons. The Kier molecular flexibility index (Phi) is 4.95. The summed E-state index contributed by atoms with van der Waals surface area (Å²) in [7, 11) is 0. The second-order valence-electron chi connectivity index (χ2n) is 6.40. The van der Waals surface area contributed by atoms with Gasteiger partial charge in [-0.25, -0.2) is 0 Å². The lowest BCUT2D eigenvalue weighted by Crippen LogP contribution is -2.03. The number of hydrogen-bond donors (Lipinski definition) is 0. The molecular weight excluding hydrogens is 256 g/mol. The standard InChI is InChI=1S/C20H24O/c1-14(2)12-16-6-5-7-19(13-16)20(21)18-10-8-17(9-11-18)15(3)4/h5-11,13-15H,12H2,1-4H3. The number of rotatable bonds is 5. The molecule has 0 heterocycles. The highest BCUT2D eigenvalue weighted by Crippen LogP contribution is 2.18. The zero-order chi connectivity index (χ0) is 15.4. The van der Waals surface area contributed by atoms with Gasteiger partial charge in [0.25, 0.3) is 0 Å². The van der Waals surface area contributed by atoms with E-state index >= 15 is 0 Å². The Morgan fingerprint density at radius 3 is 2.14 bits per heavy atom. The molecule has 0 unspecified atom stereocenters. The molecule has 21 heavy (non-hydrogen) atoms. The van der Waals surface area contributed by atoms with Gasteiger partial charge in [-0.15, -0.1) is 0 Å². The molecule has 0 spiro atoms. The van der Waals surface area contributed by atoms with Crippen molar-refractivity contribution < 1.29 is 4.79 Å². The Morgan fingerprint density at radius 1 is 0.905 bits per heavy atom. The van der Waals surface area contributed by atoms with Gasteiger partial charge in [-0.2, -0.15) is 0 Å². The molecule has 0 saturated carbocycles. The summed E-state index contributed by atoms with van der Waals surface area (Å²) in [6.45, 7) is 8.71. The summed E-state index contributed by atoms with van der Waals surface area (Å²) in [4.78, 5) is 12.6. The quantitative estimate of drug-likeness (QED) is 0.684. The first kappa shape index (κ1) is 15.5. The number of hydrogen-bond acceptors (Lipinski definition) is 1. The Morgan fingerprint density at radius 2 is 1.57 bits per heavy atom. The fourth-order valence-corrected chi connectivity index (χ4v) is 2.50. The topological polar surface area (TPSA) is 17.1 Å². The highest BCUT2D eigenvalue weighted by atomic mass is 16.1. The molecular formula is C20H24O. The van der Waals surface area contributed by atoms with Crippen LogP contribution in [0.15, 0.2) is 48.5 Å². The predicted molar refractivity (Wildman–Crippen MR) is 88.9 cm³/mol. The number of carbonyl (C=O) groups is 1. The molecule has 2 rings (SSSR count). The fraction of sp³-hybridized carbons (Fsp3) is 0.350. The van der Waals surface area contributed by atoms with Crippen molar-refractivity contribution in [3.8, 4) is 0 Å². The van der Waals surface area contributed by atoms with Crippen LogP contribution in [0, 0.1) is 5.92 Å². The van der Waals surface area contributed by atoms with Crippen LogP contribution in [0.2, 0.25) is 0 Å². The predicted octanol–water partition coefficient (Wildman–Crippen LogP) is 5.24. The molecule has 0 fully saturated rings. The average Bonchev–Trinajstić information content (AvgIpc) is 2.46. The van der Waals surface area contributed by atoms with E-state index < -0.39 is 0 Å². The summed E-state index contributed by atoms with van der Waals surface area (Å²) >= 11 is 0. The minimum Gasteiger partial charge on any atom is -0.289 e. The number of ketones is 1. The van der Waals surface area contributed by atoms with Gasteiger partial charge in [0, 0.05) is 11.1 Å². The van der Waals surface area contributed by atoms with Crippen LogP contribution in [0.4, 0.5) is 0 Å². The van der Waals surface area contributed by atoms with Crippen molar-refractivity contribution in [2.75, 3.05) is 0 Å². The third-order valence-corrected chi connectivity index (χ3v) is 3.67. The van der Waals surface area contributed by atoms with E-state index in [1.54, 1.807) is 0 Å². The van der Waals surface area contributed by atoms with Gasteiger partial charge < -0.3 is 0 Å². The summed E-state index contributed by atoms with van der Waals surface area (Å²) in [5, 5.41) is 0. The van der Waals surface area contributed by atoms with Gasteiger partial charge >= 0.3 is 0 Å². The largest absolute Gasteiger partial charge is 0.289 e. The van der Waals surface area contributed by atoms with E-state index in [1.165, 1.54) is 11.1 Å². The molecule has 2 aromatic rings. The molecule has 0 amide bonds. The van der Waals surface area contributed by atoms with E-state index in [4.69, 9.17) is 0 Å². The lowest BCUT2D eigenvalue weighted by Gasteiger charge is -2.09. The summed E-state index contributed by atoms with van der Waals surface area (Å²) in [6.07, 6.45) is 1.01. The van der Waals surface area contributed by atoms with E-state index in [0.717, 1.165) is 17.5 Å². The molecule has 0 aromatic heterocycles. The van der Waals surface area contributed by atoms with Crippen LogP contribution in [-0.2, 0) is 6.42 Å². The van der Waals surface area contributed by atoms with Gasteiger partial charge in [0.05, 0.1) is 0 Å². The molecule has 0 aliphatic heterocycles. The zero-order valence-electron chi connectivity index (χ0n) is 13.4. The first-order valence-corrected chi connectivity index (χ1v) is 7.71. The highest BCUT2D eigenvalue weighted by Gasteiger charge is 2.10. The van der Waals surface area contributed by atoms with Crippen LogP contribution >= 0.6 is 0 Å². The van der Waals surface area contributed by atoms with Crippen LogP contribution in [0.5, 0.6) is 0 Å².